The predicted molar refractivity (Wildman–Crippen MR) is 97.8 cm³/mol. The molecule has 24 heavy (non-hydrogen) atoms. The van der Waals surface area contributed by atoms with E-state index in [4.69, 9.17) is 4.74 Å². The summed E-state index contributed by atoms with van der Waals surface area (Å²) in [4.78, 5) is 22.9. The first-order valence-electron chi connectivity index (χ1n) is 8.40. The second-order valence-corrected chi connectivity index (χ2v) is 5.82. The third-order valence-corrected chi connectivity index (χ3v) is 3.83. The van der Waals surface area contributed by atoms with Crippen molar-refractivity contribution in [1.82, 2.24) is 10.2 Å². The number of epoxide rings is 1. The quantitative estimate of drug-likeness (QED) is 0.766. The van der Waals surface area contributed by atoms with Gasteiger partial charge < -0.3 is 20.1 Å². The number of amides is 2. The number of rotatable bonds is 4. The minimum atomic E-state index is -0.336. The summed E-state index contributed by atoms with van der Waals surface area (Å²) < 4.78 is 4.86. The molecule has 6 nitrogen and oxygen atoms in total. The molecule has 0 aliphatic carbocycles. The van der Waals surface area contributed by atoms with E-state index >= 15 is 0 Å². The van der Waals surface area contributed by atoms with Gasteiger partial charge in [-0.15, -0.1) is 0 Å². The topological polar surface area (TPSA) is 82.2 Å². The lowest BCUT2D eigenvalue weighted by Crippen LogP contribution is -2.32. The molecule has 0 aromatic carbocycles. The van der Waals surface area contributed by atoms with Crippen LogP contribution in [0.2, 0.25) is 0 Å². The Kier molecular flexibility index (Phi) is 14.9. The Bertz CT molecular complexity index is 338. The van der Waals surface area contributed by atoms with E-state index in [0.717, 1.165) is 45.4 Å². The highest BCUT2D eigenvalue weighted by Gasteiger charge is 2.21. The number of β-amino-alcohol motifs (C(OH)–C–C–N with tert-alkyl or cyclic N) is 1. The molecular formula is C18H38N2O4. The minimum Gasteiger partial charge on any atom is -0.391 e. The number of hydrogen-bond donors (Lipinski definition) is 2. The summed E-state index contributed by atoms with van der Waals surface area (Å²) in [7, 11) is 0. The van der Waals surface area contributed by atoms with Crippen molar-refractivity contribution in [2.24, 2.45) is 0 Å². The summed E-state index contributed by atoms with van der Waals surface area (Å²) in [6.45, 7) is 7.31. The summed E-state index contributed by atoms with van der Waals surface area (Å²) in [6.07, 6.45) is 5.60. The molecule has 2 N–H and O–H groups in total. The smallest absolute Gasteiger partial charge is 0.222 e. The Morgan fingerprint density at radius 2 is 1.92 bits per heavy atom. The predicted octanol–water partition coefficient (Wildman–Crippen LogP) is 2.34. The van der Waals surface area contributed by atoms with Gasteiger partial charge in [0.05, 0.1) is 18.8 Å². The van der Waals surface area contributed by atoms with E-state index < -0.39 is 0 Å². The van der Waals surface area contributed by atoms with Gasteiger partial charge in [-0.2, -0.15) is 0 Å². The van der Waals surface area contributed by atoms with Crippen molar-refractivity contribution in [2.45, 2.75) is 79.4 Å². The van der Waals surface area contributed by atoms with Crippen LogP contribution in [0.5, 0.6) is 0 Å². The molecule has 0 aromatic heterocycles. The molecule has 2 amide bonds. The minimum absolute atomic E-state index is 0. The zero-order chi connectivity index (χ0) is 16.4. The second-order valence-electron chi connectivity index (χ2n) is 5.82. The molecule has 144 valence electrons. The fraction of sp³-hybridized carbons (Fsp3) is 0.889. The first-order valence-corrected chi connectivity index (χ1v) is 8.40. The molecule has 3 heterocycles. The van der Waals surface area contributed by atoms with Crippen LogP contribution in [0.1, 0.15) is 67.2 Å². The molecule has 2 unspecified atom stereocenters. The van der Waals surface area contributed by atoms with E-state index in [1.165, 1.54) is 6.42 Å². The SMILES string of the molecule is C.C.CCC(O)CN1CCCC1=O.CCC1CO1.O=C1CCCN1. The van der Waals surface area contributed by atoms with E-state index in [9.17, 15) is 14.7 Å². The number of carbonyl (C=O) groups excluding carboxylic acids is 2. The molecule has 3 saturated heterocycles. The number of likely N-dealkylation sites (tertiary alicyclic amines) is 1. The van der Waals surface area contributed by atoms with Crippen molar-refractivity contribution in [3.05, 3.63) is 0 Å². The normalized spacial score (nSPS) is 22.0. The zero-order valence-electron chi connectivity index (χ0n) is 13.8. The molecule has 6 heteroatoms. The van der Waals surface area contributed by atoms with Gasteiger partial charge in [0.25, 0.3) is 0 Å². The second kappa shape index (κ2) is 14.2. The summed E-state index contributed by atoms with van der Waals surface area (Å²) in [5, 5.41) is 11.9. The number of nitrogens with one attached hydrogen (secondary N) is 1. The highest BCUT2D eigenvalue weighted by molar-refractivity contribution is 5.78. The van der Waals surface area contributed by atoms with Gasteiger partial charge in [-0.3, -0.25) is 9.59 Å². The average molecular weight is 347 g/mol. The van der Waals surface area contributed by atoms with Gasteiger partial charge in [0.2, 0.25) is 11.8 Å². The molecular weight excluding hydrogens is 308 g/mol. The lowest BCUT2D eigenvalue weighted by molar-refractivity contribution is -0.129. The number of ether oxygens (including phenoxy) is 1. The number of nitrogens with zero attached hydrogens (tertiary/aromatic N) is 1. The number of aliphatic hydroxyl groups excluding tert-OH is 1. The number of aliphatic hydroxyl groups is 1. The van der Waals surface area contributed by atoms with Crippen LogP contribution in [0.25, 0.3) is 0 Å². The fourth-order valence-corrected chi connectivity index (χ4v) is 2.15. The van der Waals surface area contributed by atoms with Crippen LogP contribution in [-0.2, 0) is 14.3 Å². The maximum atomic E-state index is 11.0. The average Bonchev–Trinajstić information content (AvgIpc) is 3.12. The Morgan fingerprint density at radius 1 is 1.25 bits per heavy atom. The summed E-state index contributed by atoms with van der Waals surface area (Å²) in [5.74, 6) is 0.396. The first-order chi connectivity index (χ1) is 10.6. The Balaban J connectivity index is 0. The highest BCUT2D eigenvalue weighted by atomic mass is 16.6. The molecule has 0 aromatic rings. The molecule has 3 aliphatic heterocycles. The van der Waals surface area contributed by atoms with Crippen LogP contribution in [0.4, 0.5) is 0 Å². The third kappa shape index (κ3) is 11.4. The Hall–Kier alpha value is -1.14. The molecule has 0 saturated carbocycles. The molecule has 0 radical (unpaired) electrons. The Morgan fingerprint density at radius 3 is 2.17 bits per heavy atom. The van der Waals surface area contributed by atoms with Crippen LogP contribution < -0.4 is 5.32 Å². The van der Waals surface area contributed by atoms with Crippen molar-refractivity contribution in [3.63, 3.8) is 0 Å². The van der Waals surface area contributed by atoms with Crippen molar-refractivity contribution < 1.29 is 19.4 Å². The van der Waals surface area contributed by atoms with Crippen molar-refractivity contribution in [2.75, 3.05) is 26.2 Å². The van der Waals surface area contributed by atoms with Crippen LogP contribution >= 0.6 is 0 Å². The van der Waals surface area contributed by atoms with Gasteiger partial charge >= 0.3 is 0 Å². The van der Waals surface area contributed by atoms with E-state index in [-0.39, 0.29) is 32.8 Å². The largest absolute Gasteiger partial charge is 0.391 e. The molecule has 2 atom stereocenters. The summed E-state index contributed by atoms with van der Waals surface area (Å²) in [6, 6.07) is 0. The van der Waals surface area contributed by atoms with Crippen LogP contribution in [0.3, 0.4) is 0 Å². The van der Waals surface area contributed by atoms with E-state index in [1.807, 2.05) is 6.92 Å². The summed E-state index contributed by atoms with van der Waals surface area (Å²) >= 11 is 0. The fourth-order valence-electron chi connectivity index (χ4n) is 2.15. The van der Waals surface area contributed by atoms with Gasteiger partial charge in [-0.1, -0.05) is 28.7 Å². The van der Waals surface area contributed by atoms with Crippen LogP contribution in [0.15, 0.2) is 0 Å². The maximum Gasteiger partial charge on any atom is 0.222 e. The van der Waals surface area contributed by atoms with Gasteiger partial charge in [-0.05, 0) is 25.7 Å². The number of carbonyl (C=O) groups is 2. The van der Waals surface area contributed by atoms with Gasteiger partial charge in [0.1, 0.15) is 0 Å². The molecule has 0 spiro atoms. The molecule has 3 aliphatic rings. The summed E-state index contributed by atoms with van der Waals surface area (Å²) in [5.41, 5.74) is 0. The van der Waals surface area contributed by atoms with Crippen molar-refractivity contribution in [3.8, 4) is 0 Å². The van der Waals surface area contributed by atoms with E-state index in [1.54, 1.807) is 4.90 Å². The first kappa shape index (κ1) is 25.1. The molecule has 3 fully saturated rings. The van der Waals surface area contributed by atoms with E-state index in [2.05, 4.69) is 12.2 Å². The maximum absolute atomic E-state index is 11.0. The van der Waals surface area contributed by atoms with Gasteiger partial charge in [-0.25, -0.2) is 0 Å². The standard InChI is InChI=1S/C8H15NO2.C4H7NO.C4H8O.2CH4/c1-2-7(10)6-9-5-3-4-8(9)11;6-4-2-1-3-5-4;1-2-4-3-5-4;;/h7,10H,2-6H2,1H3;1-3H2,(H,5,6);4H,2-3H2,1H3;2*1H4. The zero-order valence-corrected chi connectivity index (χ0v) is 13.8. The molecule has 0 bridgehead atoms. The van der Waals surface area contributed by atoms with Gasteiger partial charge in [0, 0.05) is 32.5 Å². The lowest BCUT2D eigenvalue weighted by Gasteiger charge is -2.18. The molecule has 3 rings (SSSR count). The van der Waals surface area contributed by atoms with Crippen molar-refractivity contribution in [1.29, 1.82) is 0 Å². The third-order valence-electron chi connectivity index (χ3n) is 3.83. The van der Waals surface area contributed by atoms with Crippen LogP contribution in [0, 0.1) is 0 Å². The number of hydrogen-bond acceptors (Lipinski definition) is 4. The highest BCUT2D eigenvalue weighted by Crippen LogP contribution is 2.11. The van der Waals surface area contributed by atoms with Crippen LogP contribution in [-0.4, -0.2) is 60.3 Å². The van der Waals surface area contributed by atoms with Crippen molar-refractivity contribution >= 4 is 11.8 Å². The monoisotopic (exact) mass is 346 g/mol. The lowest BCUT2D eigenvalue weighted by atomic mass is 10.2. The van der Waals surface area contributed by atoms with Gasteiger partial charge in [0.15, 0.2) is 0 Å². The van der Waals surface area contributed by atoms with E-state index in [0.29, 0.717) is 19.1 Å². The Labute approximate surface area is 147 Å².